The van der Waals surface area contributed by atoms with E-state index >= 15 is 0 Å². The van der Waals surface area contributed by atoms with Crippen molar-refractivity contribution in [2.24, 2.45) is 5.92 Å². The maximum atomic E-state index is 12.8. The SMILES string of the molecule is O=C(Nc1ccc(S(=O)(=O)N2CCOCC2)cc1)[C@H]1CCCN(C(=O)c2ccc(Cl)cc2)C1. The Balaban J connectivity index is 1.37. The second-order valence-electron chi connectivity index (χ2n) is 8.13. The highest BCUT2D eigenvalue weighted by atomic mass is 35.5. The van der Waals surface area contributed by atoms with E-state index in [4.69, 9.17) is 16.3 Å². The van der Waals surface area contributed by atoms with Gasteiger partial charge in [0.25, 0.3) is 5.91 Å². The van der Waals surface area contributed by atoms with E-state index in [2.05, 4.69) is 5.32 Å². The molecule has 0 aromatic heterocycles. The first-order valence-electron chi connectivity index (χ1n) is 10.9. The van der Waals surface area contributed by atoms with Crippen LogP contribution in [0.4, 0.5) is 5.69 Å². The molecular weight excluding hydrogens is 466 g/mol. The van der Waals surface area contributed by atoms with E-state index in [1.54, 1.807) is 41.3 Å². The average molecular weight is 492 g/mol. The van der Waals surface area contributed by atoms with Crippen molar-refractivity contribution in [2.75, 3.05) is 44.7 Å². The third-order valence-electron chi connectivity index (χ3n) is 5.90. The van der Waals surface area contributed by atoms with Crippen molar-refractivity contribution < 1.29 is 22.7 Å². The lowest BCUT2D eigenvalue weighted by atomic mass is 9.96. The molecular formula is C23H26ClN3O5S. The highest BCUT2D eigenvalue weighted by Crippen LogP contribution is 2.23. The highest BCUT2D eigenvalue weighted by Gasteiger charge is 2.29. The molecule has 0 unspecified atom stereocenters. The number of morpholine rings is 1. The Morgan fingerprint density at radius 2 is 1.64 bits per heavy atom. The van der Waals surface area contributed by atoms with Crippen LogP contribution in [-0.2, 0) is 19.6 Å². The summed E-state index contributed by atoms with van der Waals surface area (Å²) < 4.78 is 32.1. The lowest BCUT2D eigenvalue weighted by Gasteiger charge is -2.32. The van der Waals surface area contributed by atoms with Crippen molar-refractivity contribution >= 4 is 39.1 Å². The van der Waals surface area contributed by atoms with Crippen LogP contribution in [0.2, 0.25) is 5.02 Å². The molecule has 4 rings (SSSR count). The first kappa shape index (κ1) is 23.7. The number of nitrogens with zero attached hydrogens (tertiary/aromatic N) is 2. The van der Waals surface area contributed by atoms with Crippen LogP contribution in [0.3, 0.4) is 0 Å². The fraction of sp³-hybridized carbons (Fsp3) is 0.391. The molecule has 2 aliphatic heterocycles. The van der Waals surface area contributed by atoms with Crippen molar-refractivity contribution in [3.05, 3.63) is 59.1 Å². The Morgan fingerprint density at radius 1 is 0.970 bits per heavy atom. The van der Waals surface area contributed by atoms with E-state index in [0.29, 0.717) is 62.1 Å². The van der Waals surface area contributed by atoms with E-state index < -0.39 is 10.0 Å². The molecule has 0 aliphatic carbocycles. The van der Waals surface area contributed by atoms with Crippen LogP contribution in [0.15, 0.2) is 53.4 Å². The van der Waals surface area contributed by atoms with E-state index in [9.17, 15) is 18.0 Å². The first-order valence-corrected chi connectivity index (χ1v) is 12.7. The number of carbonyl (C=O) groups excluding carboxylic acids is 2. The molecule has 8 nitrogen and oxygen atoms in total. The number of rotatable bonds is 5. The maximum absolute atomic E-state index is 12.8. The number of benzene rings is 2. The summed E-state index contributed by atoms with van der Waals surface area (Å²) >= 11 is 5.90. The smallest absolute Gasteiger partial charge is 0.253 e. The fourth-order valence-electron chi connectivity index (χ4n) is 4.04. The van der Waals surface area contributed by atoms with Crippen LogP contribution in [0.25, 0.3) is 0 Å². The van der Waals surface area contributed by atoms with E-state index in [1.807, 2.05) is 0 Å². The monoisotopic (exact) mass is 491 g/mol. The van der Waals surface area contributed by atoms with Gasteiger partial charge in [-0.1, -0.05) is 11.6 Å². The summed E-state index contributed by atoms with van der Waals surface area (Å²) in [6.07, 6.45) is 1.41. The summed E-state index contributed by atoms with van der Waals surface area (Å²) in [6, 6.07) is 12.9. The molecule has 10 heteroatoms. The number of nitrogens with one attached hydrogen (secondary N) is 1. The second kappa shape index (κ2) is 10.2. The molecule has 2 fully saturated rings. The Hall–Kier alpha value is -2.46. The number of hydrogen-bond acceptors (Lipinski definition) is 5. The van der Waals surface area contributed by atoms with Crippen LogP contribution < -0.4 is 5.32 Å². The number of amides is 2. The van der Waals surface area contributed by atoms with Crippen molar-refractivity contribution in [1.29, 1.82) is 0 Å². The molecule has 2 aromatic carbocycles. The van der Waals surface area contributed by atoms with E-state index in [-0.39, 0.29) is 22.6 Å². The largest absolute Gasteiger partial charge is 0.379 e. The predicted octanol–water partition coefficient (Wildman–Crippen LogP) is 2.85. The molecule has 1 N–H and O–H groups in total. The van der Waals surface area contributed by atoms with Crippen molar-refractivity contribution in [3.63, 3.8) is 0 Å². The third kappa shape index (κ3) is 5.55. The molecule has 2 heterocycles. The zero-order valence-corrected chi connectivity index (χ0v) is 19.6. The summed E-state index contributed by atoms with van der Waals surface area (Å²) in [4.78, 5) is 27.5. The topological polar surface area (TPSA) is 96.0 Å². The van der Waals surface area contributed by atoms with Gasteiger partial charge >= 0.3 is 0 Å². The quantitative estimate of drug-likeness (QED) is 0.693. The van der Waals surface area contributed by atoms with Gasteiger partial charge in [-0.15, -0.1) is 0 Å². The zero-order valence-electron chi connectivity index (χ0n) is 18.1. The van der Waals surface area contributed by atoms with Crippen LogP contribution in [0.1, 0.15) is 23.2 Å². The minimum Gasteiger partial charge on any atom is -0.379 e. The number of ether oxygens (including phenoxy) is 1. The van der Waals surface area contributed by atoms with Gasteiger partial charge < -0.3 is 15.0 Å². The number of hydrogen-bond donors (Lipinski definition) is 1. The fourth-order valence-corrected chi connectivity index (χ4v) is 5.58. The highest BCUT2D eigenvalue weighted by molar-refractivity contribution is 7.89. The zero-order chi connectivity index (χ0) is 23.4. The number of likely N-dealkylation sites (tertiary alicyclic amines) is 1. The first-order chi connectivity index (χ1) is 15.8. The summed E-state index contributed by atoms with van der Waals surface area (Å²) in [7, 11) is -3.59. The lowest BCUT2D eigenvalue weighted by molar-refractivity contribution is -0.121. The number of halogens is 1. The van der Waals surface area contributed by atoms with Gasteiger partial charge in [0.1, 0.15) is 0 Å². The van der Waals surface area contributed by atoms with Crippen LogP contribution in [-0.4, -0.2) is 68.8 Å². The molecule has 176 valence electrons. The molecule has 2 saturated heterocycles. The standard InChI is InChI=1S/C23H26ClN3O5S/c24-19-5-3-17(4-6-19)23(29)26-11-1-2-18(16-26)22(28)25-20-7-9-21(10-8-20)33(30,31)27-12-14-32-15-13-27/h3-10,18H,1-2,11-16H2,(H,25,28)/t18-/m0/s1. The molecule has 2 amide bonds. The van der Waals surface area contributed by atoms with Gasteiger partial charge in [0.05, 0.1) is 24.0 Å². The Bertz CT molecular complexity index is 1100. The minimum absolute atomic E-state index is 0.123. The van der Waals surface area contributed by atoms with Gasteiger partial charge in [-0.3, -0.25) is 9.59 Å². The van der Waals surface area contributed by atoms with Gasteiger partial charge in [0, 0.05) is 42.5 Å². The van der Waals surface area contributed by atoms with Crippen LogP contribution >= 0.6 is 11.6 Å². The number of sulfonamides is 1. The van der Waals surface area contributed by atoms with E-state index in [1.165, 1.54) is 16.4 Å². The van der Waals surface area contributed by atoms with Crippen molar-refractivity contribution in [3.8, 4) is 0 Å². The van der Waals surface area contributed by atoms with Gasteiger partial charge in [0.2, 0.25) is 15.9 Å². The molecule has 2 aromatic rings. The average Bonchev–Trinajstić information content (AvgIpc) is 2.85. The molecule has 1 atom stereocenters. The molecule has 2 aliphatic rings. The summed E-state index contributed by atoms with van der Waals surface area (Å²) in [6.45, 7) is 2.34. The van der Waals surface area contributed by atoms with Crippen molar-refractivity contribution in [2.45, 2.75) is 17.7 Å². The Labute approximate surface area is 198 Å². The van der Waals surface area contributed by atoms with E-state index in [0.717, 1.165) is 6.42 Å². The molecule has 0 saturated carbocycles. The molecule has 0 radical (unpaired) electrons. The predicted molar refractivity (Wildman–Crippen MR) is 125 cm³/mol. The van der Waals surface area contributed by atoms with Crippen LogP contribution in [0, 0.1) is 5.92 Å². The second-order valence-corrected chi connectivity index (χ2v) is 10.5. The molecule has 0 bridgehead atoms. The third-order valence-corrected chi connectivity index (χ3v) is 8.07. The molecule has 0 spiro atoms. The maximum Gasteiger partial charge on any atom is 0.253 e. The van der Waals surface area contributed by atoms with Crippen molar-refractivity contribution in [1.82, 2.24) is 9.21 Å². The van der Waals surface area contributed by atoms with Crippen LogP contribution in [0.5, 0.6) is 0 Å². The normalized spacial score (nSPS) is 19.8. The number of anilines is 1. The Kier molecular flexibility index (Phi) is 7.33. The summed E-state index contributed by atoms with van der Waals surface area (Å²) in [5.74, 6) is -0.652. The number of carbonyl (C=O) groups is 2. The van der Waals surface area contributed by atoms with Gasteiger partial charge in [0.15, 0.2) is 0 Å². The van der Waals surface area contributed by atoms with Gasteiger partial charge in [-0.25, -0.2) is 8.42 Å². The van der Waals surface area contributed by atoms with Gasteiger partial charge in [-0.05, 0) is 61.4 Å². The molecule has 33 heavy (non-hydrogen) atoms. The summed E-state index contributed by atoms with van der Waals surface area (Å²) in [5.41, 5.74) is 1.06. The summed E-state index contributed by atoms with van der Waals surface area (Å²) in [5, 5.41) is 3.42. The minimum atomic E-state index is -3.59. The number of piperidine rings is 1. The van der Waals surface area contributed by atoms with Gasteiger partial charge in [-0.2, -0.15) is 4.31 Å². The Morgan fingerprint density at radius 3 is 2.30 bits per heavy atom. The lowest BCUT2D eigenvalue weighted by Crippen LogP contribution is -2.43.